The van der Waals surface area contributed by atoms with Crippen LogP contribution in [0.2, 0.25) is 5.02 Å². The number of phenols is 2. The molecule has 0 aromatic heterocycles. The molecule has 0 atom stereocenters. The van der Waals surface area contributed by atoms with Gasteiger partial charge in [0, 0.05) is 13.1 Å². The van der Waals surface area contributed by atoms with Gasteiger partial charge in [0.25, 0.3) is 5.91 Å². The first-order valence-corrected chi connectivity index (χ1v) is 7.18. The molecule has 0 radical (unpaired) electrons. The second-order valence-corrected chi connectivity index (χ2v) is 5.33. The molecule has 0 saturated carbocycles. The topological polar surface area (TPSA) is 72.8 Å². The summed E-state index contributed by atoms with van der Waals surface area (Å²) in [7, 11) is 0. The van der Waals surface area contributed by atoms with Gasteiger partial charge in [-0.3, -0.25) is 4.79 Å². The number of phenolic OH excluding ortho intramolecular Hbond substituents is 2. The van der Waals surface area contributed by atoms with Crippen molar-refractivity contribution in [2.75, 3.05) is 26.2 Å². The third-order valence-electron chi connectivity index (χ3n) is 3.50. The van der Waals surface area contributed by atoms with Gasteiger partial charge >= 0.3 is 0 Å². The SMILES string of the molecule is O=C(NCCN1CCCCC1)c1ccc(O)c(O)c1Cl. The molecule has 5 nitrogen and oxygen atoms in total. The van der Waals surface area contributed by atoms with Gasteiger partial charge in [0.15, 0.2) is 11.5 Å². The molecule has 1 heterocycles. The molecule has 0 aliphatic carbocycles. The average molecular weight is 299 g/mol. The van der Waals surface area contributed by atoms with Crippen LogP contribution < -0.4 is 5.32 Å². The molecule has 110 valence electrons. The van der Waals surface area contributed by atoms with Crippen molar-refractivity contribution >= 4 is 17.5 Å². The van der Waals surface area contributed by atoms with E-state index in [2.05, 4.69) is 10.2 Å². The van der Waals surface area contributed by atoms with E-state index < -0.39 is 5.75 Å². The van der Waals surface area contributed by atoms with E-state index in [-0.39, 0.29) is 22.2 Å². The Bertz CT molecular complexity index is 488. The predicted molar refractivity (Wildman–Crippen MR) is 77.4 cm³/mol. The van der Waals surface area contributed by atoms with Crippen molar-refractivity contribution in [3.63, 3.8) is 0 Å². The van der Waals surface area contributed by atoms with Gasteiger partial charge in [0.1, 0.15) is 0 Å². The summed E-state index contributed by atoms with van der Waals surface area (Å²) in [5.41, 5.74) is 0.167. The molecule has 6 heteroatoms. The predicted octanol–water partition coefficient (Wildman–Crippen LogP) is 1.97. The van der Waals surface area contributed by atoms with Crippen molar-refractivity contribution in [3.8, 4) is 11.5 Å². The van der Waals surface area contributed by atoms with E-state index in [9.17, 15) is 15.0 Å². The lowest BCUT2D eigenvalue weighted by Gasteiger charge is -2.26. The van der Waals surface area contributed by atoms with Gasteiger partial charge in [-0.15, -0.1) is 0 Å². The maximum absolute atomic E-state index is 12.0. The summed E-state index contributed by atoms with van der Waals surface area (Å²) in [6.07, 6.45) is 3.71. The molecule has 1 aliphatic heterocycles. The summed E-state index contributed by atoms with van der Waals surface area (Å²) < 4.78 is 0. The van der Waals surface area contributed by atoms with Crippen LogP contribution in [0.3, 0.4) is 0 Å². The third kappa shape index (κ3) is 3.55. The molecule has 1 amide bonds. The molecule has 1 saturated heterocycles. The Kier molecular flexibility index (Phi) is 5.09. The zero-order valence-corrected chi connectivity index (χ0v) is 12.0. The maximum atomic E-state index is 12.0. The summed E-state index contributed by atoms with van der Waals surface area (Å²) >= 11 is 5.84. The Morgan fingerprint density at radius 2 is 1.95 bits per heavy atom. The van der Waals surface area contributed by atoms with E-state index in [0.29, 0.717) is 6.54 Å². The molecular weight excluding hydrogens is 280 g/mol. The van der Waals surface area contributed by atoms with Crippen LogP contribution in [0.5, 0.6) is 11.5 Å². The van der Waals surface area contributed by atoms with Crippen LogP contribution in [0.4, 0.5) is 0 Å². The second kappa shape index (κ2) is 6.81. The fourth-order valence-electron chi connectivity index (χ4n) is 2.34. The van der Waals surface area contributed by atoms with Crippen molar-refractivity contribution in [1.29, 1.82) is 0 Å². The van der Waals surface area contributed by atoms with Gasteiger partial charge < -0.3 is 20.4 Å². The Labute approximate surface area is 123 Å². The van der Waals surface area contributed by atoms with E-state index in [1.165, 1.54) is 31.4 Å². The number of halogens is 1. The van der Waals surface area contributed by atoms with Gasteiger partial charge in [0.2, 0.25) is 0 Å². The van der Waals surface area contributed by atoms with Crippen LogP contribution in [0, 0.1) is 0 Å². The molecule has 1 aliphatic rings. The van der Waals surface area contributed by atoms with E-state index in [1.807, 2.05) is 0 Å². The minimum absolute atomic E-state index is 0.125. The fourth-order valence-corrected chi connectivity index (χ4v) is 2.58. The monoisotopic (exact) mass is 298 g/mol. The summed E-state index contributed by atoms with van der Waals surface area (Å²) in [4.78, 5) is 14.3. The molecule has 3 N–H and O–H groups in total. The molecule has 2 rings (SSSR count). The molecule has 0 spiro atoms. The highest BCUT2D eigenvalue weighted by Crippen LogP contribution is 2.35. The largest absolute Gasteiger partial charge is 0.504 e. The van der Waals surface area contributed by atoms with E-state index >= 15 is 0 Å². The first kappa shape index (κ1) is 14.9. The highest BCUT2D eigenvalue weighted by molar-refractivity contribution is 6.35. The normalized spacial score (nSPS) is 16.1. The summed E-state index contributed by atoms with van der Waals surface area (Å²) in [6, 6.07) is 2.65. The molecule has 1 aromatic carbocycles. The zero-order valence-electron chi connectivity index (χ0n) is 11.2. The number of nitrogens with zero attached hydrogens (tertiary/aromatic N) is 1. The Morgan fingerprint density at radius 1 is 1.25 bits per heavy atom. The Hall–Kier alpha value is -1.46. The zero-order chi connectivity index (χ0) is 14.5. The Balaban J connectivity index is 1.87. The summed E-state index contributed by atoms with van der Waals surface area (Å²) in [6.45, 7) is 3.51. The number of nitrogens with one attached hydrogen (secondary N) is 1. The number of carbonyl (C=O) groups excluding carboxylic acids is 1. The van der Waals surface area contributed by atoms with E-state index in [4.69, 9.17) is 11.6 Å². The third-order valence-corrected chi connectivity index (χ3v) is 3.88. The van der Waals surface area contributed by atoms with Gasteiger partial charge in [-0.1, -0.05) is 18.0 Å². The van der Waals surface area contributed by atoms with Crippen LogP contribution in [0.15, 0.2) is 12.1 Å². The Morgan fingerprint density at radius 3 is 2.65 bits per heavy atom. The number of carbonyl (C=O) groups is 1. The van der Waals surface area contributed by atoms with Crippen LogP contribution >= 0.6 is 11.6 Å². The van der Waals surface area contributed by atoms with Crippen molar-refractivity contribution < 1.29 is 15.0 Å². The number of hydrogen-bond donors (Lipinski definition) is 3. The number of piperidine rings is 1. The number of aromatic hydroxyl groups is 2. The number of rotatable bonds is 4. The van der Waals surface area contributed by atoms with Gasteiger partial charge in [0.05, 0.1) is 10.6 Å². The van der Waals surface area contributed by atoms with E-state index in [1.54, 1.807) is 0 Å². The van der Waals surface area contributed by atoms with Crippen molar-refractivity contribution in [2.24, 2.45) is 0 Å². The lowest BCUT2D eigenvalue weighted by Crippen LogP contribution is -2.37. The van der Waals surface area contributed by atoms with Crippen LogP contribution in [-0.4, -0.2) is 47.2 Å². The molecule has 1 aromatic rings. The first-order chi connectivity index (χ1) is 9.59. The number of benzene rings is 1. The fraction of sp³-hybridized carbons (Fsp3) is 0.500. The highest BCUT2D eigenvalue weighted by Gasteiger charge is 2.16. The van der Waals surface area contributed by atoms with Crippen molar-refractivity contribution in [1.82, 2.24) is 10.2 Å². The first-order valence-electron chi connectivity index (χ1n) is 6.80. The van der Waals surface area contributed by atoms with Crippen LogP contribution in [-0.2, 0) is 0 Å². The van der Waals surface area contributed by atoms with Gasteiger partial charge in [-0.2, -0.15) is 0 Å². The lowest BCUT2D eigenvalue weighted by molar-refractivity contribution is 0.0946. The molecule has 0 bridgehead atoms. The quantitative estimate of drug-likeness (QED) is 0.743. The molecular formula is C14H19ClN2O3. The second-order valence-electron chi connectivity index (χ2n) is 4.95. The van der Waals surface area contributed by atoms with Crippen LogP contribution in [0.1, 0.15) is 29.6 Å². The summed E-state index contributed by atoms with van der Waals surface area (Å²) in [5, 5.41) is 21.4. The number of likely N-dealkylation sites (tertiary alicyclic amines) is 1. The smallest absolute Gasteiger partial charge is 0.252 e. The molecule has 1 fully saturated rings. The average Bonchev–Trinajstić information content (AvgIpc) is 2.46. The van der Waals surface area contributed by atoms with Gasteiger partial charge in [-0.05, 0) is 38.1 Å². The minimum Gasteiger partial charge on any atom is -0.504 e. The molecule has 20 heavy (non-hydrogen) atoms. The van der Waals surface area contributed by atoms with Crippen LogP contribution in [0.25, 0.3) is 0 Å². The lowest BCUT2D eigenvalue weighted by atomic mass is 10.1. The number of amides is 1. The van der Waals surface area contributed by atoms with Gasteiger partial charge in [-0.25, -0.2) is 0 Å². The summed E-state index contributed by atoms with van der Waals surface area (Å²) in [5.74, 6) is -1.14. The van der Waals surface area contributed by atoms with Crippen molar-refractivity contribution in [3.05, 3.63) is 22.7 Å². The van der Waals surface area contributed by atoms with Crippen molar-refractivity contribution in [2.45, 2.75) is 19.3 Å². The minimum atomic E-state index is -0.463. The maximum Gasteiger partial charge on any atom is 0.252 e. The number of hydrogen-bond acceptors (Lipinski definition) is 4. The highest BCUT2D eigenvalue weighted by atomic mass is 35.5. The van der Waals surface area contributed by atoms with E-state index in [0.717, 1.165) is 19.6 Å². The standard InChI is InChI=1S/C14H19ClN2O3/c15-12-10(4-5-11(18)13(12)19)14(20)16-6-9-17-7-2-1-3-8-17/h4-5,18-19H,1-3,6-9H2,(H,16,20). The molecule has 0 unspecified atom stereocenters.